The van der Waals surface area contributed by atoms with Crippen LogP contribution in [-0.4, -0.2) is 17.5 Å². The molecule has 1 aromatic rings. The van der Waals surface area contributed by atoms with Crippen LogP contribution in [-0.2, 0) is 0 Å². The van der Waals surface area contributed by atoms with E-state index in [9.17, 15) is 5.21 Å². The first-order chi connectivity index (χ1) is 10.7. The van der Waals surface area contributed by atoms with Crippen molar-refractivity contribution in [2.75, 3.05) is 6.61 Å². The molecular formula is C19H27NO2. The van der Waals surface area contributed by atoms with Gasteiger partial charge in [-0.3, -0.25) is 0 Å². The maximum absolute atomic E-state index is 9.31. The Morgan fingerprint density at radius 3 is 2.77 bits per heavy atom. The lowest BCUT2D eigenvalue weighted by atomic mass is 9.95. The number of nitrogens with zero attached hydrogens (tertiary/aromatic N) is 1. The highest BCUT2D eigenvalue weighted by atomic mass is 16.5. The second-order valence-corrected chi connectivity index (χ2v) is 6.35. The van der Waals surface area contributed by atoms with Gasteiger partial charge < -0.3 is 9.94 Å². The van der Waals surface area contributed by atoms with Gasteiger partial charge in [-0.05, 0) is 49.3 Å². The molecule has 1 aromatic carbocycles. The van der Waals surface area contributed by atoms with E-state index in [0.29, 0.717) is 5.92 Å². The van der Waals surface area contributed by atoms with Crippen molar-refractivity contribution >= 4 is 11.3 Å². The second kappa shape index (κ2) is 8.02. The molecule has 0 amide bonds. The molecule has 0 aliphatic heterocycles. The Balaban J connectivity index is 2.28. The van der Waals surface area contributed by atoms with Gasteiger partial charge in [0.25, 0.3) is 0 Å². The Kier molecular flexibility index (Phi) is 6.05. The Bertz CT molecular complexity index is 558. The van der Waals surface area contributed by atoms with Crippen molar-refractivity contribution in [3.05, 3.63) is 35.4 Å². The van der Waals surface area contributed by atoms with E-state index in [1.165, 1.54) is 5.57 Å². The molecule has 0 bridgehead atoms. The first-order valence-corrected chi connectivity index (χ1v) is 8.32. The number of unbranched alkanes of at least 4 members (excludes halogenated alkanes) is 1. The van der Waals surface area contributed by atoms with Crippen molar-refractivity contribution in [3.63, 3.8) is 0 Å². The summed E-state index contributed by atoms with van der Waals surface area (Å²) in [6.45, 7) is 7.36. The van der Waals surface area contributed by atoms with Crippen LogP contribution in [0, 0.1) is 5.92 Å². The summed E-state index contributed by atoms with van der Waals surface area (Å²) in [6.07, 6.45) is 5.07. The number of rotatable bonds is 7. The van der Waals surface area contributed by atoms with E-state index in [1.54, 1.807) is 0 Å². The van der Waals surface area contributed by atoms with Gasteiger partial charge >= 0.3 is 0 Å². The molecule has 1 N–H and O–H groups in total. The highest BCUT2D eigenvalue weighted by molar-refractivity contribution is 6.26. The molecule has 0 fully saturated rings. The zero-order valence-electron chi connectivity index (χ0n) is 13.9. The molecular weight excluding hydrogens is 274 g/mol. The van der Waals surface area contributed by atoms with E-state index < -0.39 is 0 Å². The molecule has 3 nitrogen and oxygen atoms in total. The summed E-state index contributed by atoms with van der Waals surface area (Å²) in [5.74, 6) is 1.50. The normalized spacial score (nSPS) is 16.8. The Labute approximate surface area is 133 Å². The van der Waals surface area contributed by atoms with Crippen LogP contribution < -0.4 is 4.74 Å². The lowest BCUT2D eigenvalue weighted by Gasteiger charge is -2.12. The number of benzene rings is 1. The van der Waals surface area contributed by atoms with Gasteiger partial charge in [0.15, 0.2) is 0 Å². The van der Waals surface area contributed by atoms with Crippen molar-refractivity contribution in [2.45, 2.75) is 52.9 Å². The van der Waals surface area contributed by atoms with Crippen LogP contribution in [0.2, 0.25) is 0 Å². The minimum atomic E-state index is 0.604. The van der Waals surface area contributed by atoms with Crippen molar-refractivity contribution in [3.8, 4) is 5.75 Å². The zero-order chi connectivity index (χ0) is 15.9. The van der Waals surface area contributed by atoms with Gasteiger partial charge in [-0.2, -0.15) is 0 Å². The zero-order valence-corrected chi connectivity index (χ0v) is 13.9. The fourth-order valence-corrected chi connectivity index (χ4v) is 2.97. The van der Waals surface area contributed by atoms with Crippen LogP contribution in [0.15, 0.2) is 35.0 Å². The number of hydrogen-bond acceptors (Lipinski definition) is 3. The van der Waals surface area contributed by atoms with Crippen molar-refractivity contribution in [2.24, 2.45) is 11.1 Å². The summed E-state index contributed by atoms with van der Waals surface area (Å²) in [4.78, 5) is 0. The number of hydrogen-bond donors (Lipinski definition) is 1. The molecule has 0 heterocycles. The number of ether oxygens (including phenoxy) is 1. The standard InChI is InChI=1S/C19H27NO2/c1-4-5-11-22-17-8-6-7-15(13-17)19-16(12-14(2)3)9-10-18(19)20-21/h6-8,13-14,21H,4-5,9-12H2,1-3H3. The molecule has 22 heavy (non-hydrogen) atoms. The van der Waals surface area contributed by atoms with Gasteiger partial charge in [-0.25, -0.2) is 0 Å². The first kappa shape index (κ1) is 16.6. The van der Waals surface area contributed by atoms with E-state index in [4.69, 9.17) is 4.74 Å². The summed E-state index contributed by atoms with van der Waals surface area (Å²) in [5.41, 5.74) is 4.43. The number of allylic oxidation sites excluding steroid dienone is 2. The third kappa shape index (κ3) is 4.12. The summed E-state index contributed by atoms with van der Waals surface area (Å²) < 4.78 is 5.81. The van der Waals surface area contributed by atoms with E-state index in [1.807, 2.05) is 12.1 Å². The quantitative estimate of drug-likeness (QED) is 0.422. The van der Waals surface area contributed by atoms with Crippen molar-refractivity contribution in [1.29, 1.82) is 0 Å². The van der Waals surface area contributed by atoms with Crippen LogP contribution in [0.4, 0.5) is 0 Å². The Morgan fingerprint density at radius 2 is 2.09 bits per heavy atom. The summed E-state index contributed by atoms with van der Waals surface area (Å²) in [5, 5.41) is 12.8. The molecule has 0 aromatic heterocycles. The van der Waals surface area contributed by atoms with E-state index in [2.05, 4.69) is 38.1 Å². The molecule has 1 aliphatic rings. The monoisotopic (exact) mass is 301 g/mol. The molecule has 0 saturated heterocycles. The van der Waals surface area contributed by atoms with Crippen molar-refractivity contribution < 1.29 is 9.94 Å². The average molecular weight is 301 g/mol. The minimum absolute atomic E-state index is 0.604. The topological polar surface area (TPSA) is 41.8 Å². The molecule has 0 unspecified atom stereocenters. The third-order valence-corrected chi connectivity index (χ3v) is 3.97. The average Bonchev–Trinajstić information content (AvgIpc) is 2.90. The van der Waals surface area contributed by atoms with Crippen LogP contribution >= 0.6 is 0 Å². The predicted octanol–water partition coefficient (Wildman–Crippen LogP) is 5.29. The van der Waals surface area contributed by atoms with Crippen molar-refractivity contribution in [1.82, 2.24) is 0 Å². The van der Waals surface area contributed by atoms with Gasteiger partial charge in [0, 0.05) is 5.57 Å². The van der Waals surface area contributed by atoms with E-state index in [-0.39, 0.29) is 0 Å². The summed E-state index contributed by atoms with van der Waals surface area (Å²) in [6, 6.07) is 8.16. The van der Waals surface area contributed by atoms with Crippen LogP contribution in [0.25, 0.3) is 5.57 Å². The largest absolute Gasteiger partial charge is 0.494 e. The molecule has 2 rings (SSSR count). The van der Waals surface area contributed by atoms with Gasteiger partial charge in [0.05, 0.1) is 12.3 Å². The van der Waals surface area contributed by atoms with Crippen LogP contribution in [0.5, 0.6) is 5.75 Å². The molecule has 120 valence electrons. The van der Waals surface area contributed by atoms with Crippen LogP contribution in [0.1, 0.15) is 58.4 Å². The van der Waals surface area contributed by atoms with E-state index >= 15 is 0 Å². The van der Waals surface area contributed by atoms with Gasteiger partial charge in [-0.1, -0.05) is 50.1 Å². The first-order valence-electron chi connectivity index (χ1n) is 8.32. The molecule has 3 heteroatoms. The highest BCUT2D eigenvalue weighted by Gasteiger charge is 2.23. The SMILES string of the molecule is CCCCOc1cccc(C2=C(CC(C)C)CCC2=NO)c1. The van der Waals surface area contributed by atoms with Crippen LogP contribution in [0.3, 0.4) is 0 Å². The molecule has 0 saturated carbocycles. The number of oxime groups is 1. The molecule has 0 radical (unpaired) electrons. The Morgan fingerprint density at radius 1 is 1.27 bits per heavy atom. The summed E-state index contributed by atoms with van der Waals surface area (Å²) >= 11 is 0. The fourth-order valence-electron chi connectivity index (χ4n) is 2.97. The lowest BCUT2D eigenvalue weighted by molar-refractivity contribution is 0.309. The Hall–Kier alpha value is -1.77. The highest BCUT2D eigenvalue weighted by Crippen LogP contribution is 2.36. The predicted molar refractivity (Wildman–Crippen MR) is 91.7 cm³/mol. The minimum Gasteiger partial charge on any atom is -0.494 e. The van der Waals surface area contributed by atoms with Gasteiger partial charge in [0.1, 0.15) is 5.75 Å². The van der Waals surface area contributed by atoms with E-state index in [0.717, 1.165) is 61.3 Å². The fraction of sp³-hybridized carbons (Fsp3) is 0.526. The maximum Gasteiger partial charge on any atom is 0.119 e. The molecule has 1 aliphatic carbocycles. The molecule has 0 spiro atoms. The maximum atomic E-state index is 9.31. The van der Waals surface area contributed by atoms with Gasteiger partial charge in [0.2, 0.25) is 0 Å². The smallest absolute Gasteiger partial charge is 0.119 e. The third-order valence-electron chi connectivity index (χ3n) is 3.97. The lowest BCUT2D eigenvalue weighted by Crippen LogP contribution is -2.00. The molecule has 0 atom stereocenters. The second-order valence-electron chi connectivity index (χ2n) is 6.35. The van der Waals surface area contributed by atoms with Gasteiger partial charge in [-0.15, -0.1) is 0 Å². The summed E-state index contributed by atoms with van der Waals surface area (Å²) in [7, 11) is 0.